The molecule has 4 rings (SSSR count). The normalized spacial score (nSPS) is 16.8. The quantitative estimate of drug-likeness (QED) is 0.545. The van der Waals surface area contributed by atoms with Gasteiger partial charge in [-0.1, -0.05) is 48.5 Å². The van der Waals surface area contributed by atoms with Gasteiger partial charge < -0.3 is 20.1 Å². The molecule has 0 saturated carbocycles. The summed E-state index contributed by atoms with van der Waals surface area (Å²) in [6.45, 7) is 1.29. The average Bonchev–Trinajstić information content (AvgIpc) is 3.39. The van der Waals surface area contributed by atoms with E-state index in [9.17, 15) is 14.4 Å². The lowest BCUT2D eigenvalue weighted by molar-refractivity contribution is -0.139. The van der Waals surface area contributed by atoms with Crippen LogP contribution in [-0.4, -0.2) is 65.2 Å². The highest BCUT2D eigenvalue weighted by molar-refractivity contribution is 7.99. The number of benzene rings is 2. The molecule has 7 nitrogen and oxygen atoms in total. The maximum Gasteiger partial charge on any atom is 0.407 e. The molecule has 0 radical (unpaired) electrons. The van der Waals surface area contributed by atoms with Crippen molar-refractivity contribution in [1.82, 2.24) is 10.2 Å². The van der Waals surface area contributed by atoms with Gasteiger partial charge in [-0.2, -0.15) is 11.8 Å². The molecule has 2 aliphatic rings. The maximum atomic E-state index is 12.4. The molecule has 2 aromatic rings. The van der Waals surface area contributed by atoms with Crippen molar-refractivity contribution in [3.63, 3.8) is 0 Å². The average molecular weight is 469 g/mol. The minimum atomic E-state index is -0.875. The minimum Gasteiger partial charge on any atom is -0.481 e. The summed E-state index contributed by atoms with van der Waals surface area (Å²) in [5.41, 5.74) is 4.71. The summed E-state index contributed by atoms with van der Waals surface area (Å²) in [5.74, 6) is -0.0329. The number of amides is 2. The first kappa shape index (κ1) is 23.2. The van der Waals surface area contributed by atoms with E-state index in [0.717, 1.165) is 12.8 Å². The van der Waals surface area contributed by atoms with Crippen molar-refractivity contribution in [2.75, 3.05) is 31.2 Å². The number of carboxylic acids is 1. The Kier molecular flexibility index (Phi) is 7.54. The number of carboxylic acid groups (broad SMARTS) is 1. The van der Waals surface area contributed by atoms with Crippen LogP contribution >= 0.6 is 11.8 Å². The van der Waals surface area contributed by atoms with E-state index in [4.69, 9.17) is 9.84 Å². The Labute approximate surface area is 197 Å². The van der Waals surface area contributed by atoms with Gasteiger partial charge in [0.2, 0.25) is 5.91 Å². The molecular formula is C25H28N2O5S. The number of alkyl carbamates (subject to hydrolysis) is 1. The Morgan fingerprint density at radius 3 is 2.39 bits per heavy atom. The van der Waals surface area contributed by atoms with Crippen LogP contribution in [0.1, 0.15) is 36.3 Å². The van der Waals surface area contributed by atoms with E-state index >= 15 is 0 Å². The minimum absolute atomic E-state index is 0.000252. The zero-order chi connectivity index (χ0) is 23.2. The smallest absolute Gasteiger partial charge is 0.407 e. The van der Waals surface area contributed by atoms with Gasteiger partial charge in [0.15, 0.2) is 0 Å². The largest absolute Gasteiger partial charge is 0.481 e. The second-order valence-electron chi connectivity index (χ2n) is 8.29. The molecule has 174 valence electrons. The van der Waals surface area contributed by atoms with Crippen LogP contribution < -0.4 is 5.32 Å². The second kappa shape index (κ2) is 10.7. The third-order valence-electron chi connectivity index (χ3n) is 6.19. The highest BCUT2D eigenvalue weighted by Gasteiger charge is 2.30. The Hall–Kier alpha value is -3.00. The van der Waals surface area contributed by atoms with Crippen LogP contribution in [0.3, 0.4) is 0 Å². The van der Waals surface area contributed by atoms with Crippen molar-refractivity contribution >= 4 is 29.7 Å². The van der Waals surface area contributed by atoms with E-state index in [-0.39, 0.29) is 36.6 Å². The first-order chi connectivity index (χ1) is 16.0. The third kappa shape index (κ3) is 5.50. The first-order valence-corrected chi connectivity index (χ1v) is 12.4. The van der Waals surface area contributed by atoms with Crippen LogP contribution in [0.5, 0.6) is 0 Å². The summed E-state index contributed by atoms with van der Waals surface area (Å²) in [6, 6.07) is 16.2. The van der Waals surface area contributed by atoms with Crippen molar-refractivity contribution < 1.29 is 24.2 Å². The van der Waals surface area contributed by atoms with Gasteiger partial charge in [-0.05, 0) is 35.1 Å². The van der Waals surface area contributed by atoms with Gasteiger partial charge in [0, 0.05) is 30.8 Å². The zero-order valence-corrected chi connectivity index (χ0v) is 19.2. The van der Waals surface area contributed by atoms with Crippen molar-refractivity contribution in [2.24, 2.45) is 0 Å². The lowest BCUT2D eigenvalue weighted by Gasteiger charge is -2.23. The number of aliphatic carboxylic acids is 1. The number of nitrogens with one attached hydrogen (secondary N) is 1. The number of hydrogen-bond acceptors (Lipinski definition) is 5. The monoisotopic (exact) mass is 468 g/mol. The number of likely N-dealkylation sites (tertiary alicyclic amines) is 1. The lowest BCUT2D eigenvalue weighted by atomic mass is 9.98. The Morgan fingerprint density at radius 2 is 1.73 bits per heavy atom. The van der Waals surface area contributed by atoms with Crippen molar-refractivity contribution in [1.29, 1.82) is 0 Å². The van der Waals surface area contributed by atoms with Crippen LogP contribution in [0.2, 0.25) is 0 Å². The molecule has 1 unspecified atom stereocenters. The SMILES string of the molecule is O=C(O)CC1CCCN1C(=O)CSCCNC(=O)OCC1c2ccccc2-c2ccccc21. The van der Waals surface area contributed by atoms with E-state index in [1.165, 1.54) is 34.0 Å². The van der Waals surface area contributed by atoms with Crippen LogP contribution in [0.4, 0.5) is 4.79 Å². The fraction of sp³-hybridized carbons (Fsp3) is 0.400. The second-order valence-corrected chi connectivity index (χ2v) is 9.39. The molecule has 1 fully saturated rings. The molecule has 1 aliphatic carbocycles. The summed E-state index contributed by atoms with van der Waals surface area (Å²) in [6.07, 6.45) is 1.12. The fourth-order valence-electron chi connectivity index (χ4n) is 4.69. The van der Waals surface area contributed by atoms with Crippen LogP contribution in [0.15, 0.2) is 48.5 Å². The number of hydrogen-bond donors (Lipinski definition) is 2. The fourth-order valence-corrected chi connectivity index (χ4v) is 5.43. The molecule has 8 heteroatoms. The molecule has 1 heterocycles. The summed E-state index contributed by atoms with van der Waals surface area (Å²) in [4.78, 5) is 37.2. The third-order valence-corrected chi connectivity index (χ3v) is 7.14. The highest BCUT2D eigenvalue weighted by atomic mass is 32.2. The molecular weight excluding hydrogens is 440 g/mol. The summed E-state index contributed by atoms with van der Waals surface area (Å²) >= 11 is 1.43. The Morgan fingerprint density at radius 1 is 1.06 bits per heavy atom. The van der Waals surface area contributed by atoms with Crippen LogP contribution in [0, 0.1) is 0 Å². The van der Waals surface area contributed by atoms with E-state index < -0.39 is 12.1 Å². The molecule has 0 aromatic heterocycles. The van der Waals surface area contributed by atoms with E-state index in [1.54, 1.807) is 4.90 Å². The van der Waals surface area contributed by atoms with Gasteiger partial charge in [-0.15, -0.1) is 0 Å². The molecule has 1 aliphatic heterocycles. The zero-order valence-electron chi connectivity index (χ0n) is 18.4. The number of nitrogens with zero attached hydrogens (tertiary/aromatic N) is 1. The first-order valence-electron chi connectivity index (χ1n) is 11.2. The van der Waals surface area contributed by atoms with Crippen LogP contribution in [0.25, 0.3) is 11.1 Å². The number of ether oxygens (including phenoxy) is 1. The summed E-state index contributed by atoms with van der Waals surface area (Å²) in [7, 11) is 0. The molecule has 1 saturated heterocycles. The lowest BCUT2D eigenvalue weighted by Crippen LogP contribution is -2.38. The van der Waals surface area contributed by atoms with Crippen molar-refractivity contribution in [3.05, 3.63) is 59.7 Å². The number of carbonyl (C=O) groups is 3. The Bertz CT molecular complexity index is 982. The molecule has 2 aromatic carbocycles. The van der Waals surface area contributed by atoms with E-state index in [2.05, 4.69) is 29.6 Å². The Balaban J connectivity index is 1.17. The topological polar surface area (TPSA) is 95.9 Å². The number of carbonyl (C=O) groups excluding carboxylic acids is 2. The van der Waals surface area contributed by atoms with Gasteiger partial charge in [0.05, 0.1) is 12.2 Å². The number of thioether (sulfide) groups is 1. The molecule has 2 N–H and O–H groups in total. The van der Waals surface area contributed by atoms with Gasteiger partial charge in [-0.25, -0.2) is 4.79 Å². The van der Waals surface area contributed by atoms with Gasteiger partial charge in [0.1, 0.15) is 6.61 Å². The molecule has 33 heavy (non-hydrogen) atoms. The van der Waals surface area contributed by atoms with Gasteiger partial charge in [0.25, 0.3) is 0 Å². The maximum absolute atomic E-state index is 12.4. The van der Waals surface area contributed by atoms with Gasteiger partial charge in [-0.3, -0.25) is 9.59 Å². The number of fused-ring (bicyclic) bond motifs is 3. The van der Waals surface area contributed by atoms with Gasteiger partial charge >= 0.3 is 12.1 Å². The molecule has 2 amide bonds. The predicted molar refractivity (Wildman–Crippen MR) is 127 cm³/mol. The predicted octanol–water partition coefficient (Wildman–Crippen LogP) is 3.72. The van der Waals surface area contributed by atoms with E-state index in [1.807, 2.05) is 24.3 Å². The van der Waals surface area contributed by atoms with Crippen molar-refractivity contribution in [3.8, 4) is 11.1 Å². The highest BCUT2D eigenvalue weighted by Crippen LogP contribution is 2.44. The summed E-state index contributed by atoms with van der Waals surface area (Å²) in [5, 5.41) is 11.7. The van der Waals surface area contributed by atoms with Crippen molar-refractivity contribution in [2.45, 2.75) is 31.2 Å². The molecule has 0 spiro atoms. The summed E-state index contributed by atoms with van der Waals surface area (Å²) < 4.78 is 5.51. The molecule has 1 atom stereocenters. The van der Waals surface area contributed by atoms with E-state index in [0.29, 0.717) is 18.8 Å². The van der Waals surface area contributed by atoms with Crippen LogP contribution in [-0.2, 0) is 14.3 Å². The molecule has 0 bridgehead atoms. The standard InChI is InChI=1S/C25H28N2O5S/c28-23(27-12-5-6-17(27)14-24(29)30)16-33-13-11-26-25(31)32-15-22-20-9-3-1-7-18(20)19-8-2-4-10-21(19)22/h1-4,7-10,17,22H,5-6,11-16H2,(H,26,31)(H,29,30). The number of rotatable bonds is 9.